The standard InChI is InChI=1S/C16H12N4O2S2/c1-9-6-7-11-14(17-9)20-16(22-11)23-8-13(21)19-15-18-10-4-2-3-5-12(10)24-15/h2-7H,8H2,1H3,(H,18,19,21). The number of oxazole rings is 1. The number of pyridine rings is 1. The van der Waals surface area contributed by atoms with Crippen molar-refractivity contribution in [1.29, 1.82) is 0 Å². The monoisotopic (exact) mass is 356 g/mol. The molecule has 120 valence electrons. The van der Waals surface area contributed by atoms with E-state index in [1.54, 1.807) is 0 Å². The summed E-state index contributed by atoms with van der Waals surface area (Å²) in [6.45, 7) is 1.90. The highest BCUT2D eigenvalue weighted by atomic mass is 32.2. The van der Waals surface area contributed by atoms with Crippen molar-refractivity contribution in [2.75, 3.05) is 11.1 Å². The van der Waals surface area contributed by atoms with Crippen LogP contribution in [0.5, 0.6) is 0 Å². The largest absolute Gasteiger partial charge is 0.430 e. The zero-order valence-electron chi connectivity index (χ0n) is 12.6. The van der Waals surface area contributed by atoms with Crippen molar-refractivity contribution in [3.8, 4) is 0 Å². The van der Waals surface area contributed by atoms with Crippen LogP contribution in [0.2, 0.25) is 0 Å². The van der Waals surface area contributed by atoms with Crippen molar-refractivity contribution in [3.05, 3.63) is 42.1 Å². The molecule has 0 saturated heterocycles. The van der Waals surface area contributed by atoms with E-state index in [1.807, 2.05) is 43.3 Å². The Bertz CT molecular complexity index is 1010. The molecule has 0 aliphatic carbocycles. The summed E-state index contributed by atoms with van der Waals surface area (Å²) in [6, 6.07) is 11.5. The van der Waals surface area contributed by atoms with E-state index in [0.717, 1.165) is 15.9 Å². The molecule has 0 atom stereocenters. The lowest BCUT2D eigenvalue weighted by Crippen LogP contribution is -2.13. The number of anilines is 1. The Morgan fingerprint density at radius 3 is 2.96 bits per heavy atom. The third-order valence-corrected chi connectivity index (χ3v) is 5.02. The number of thiazole rings is 1. The lowest BCUT2D eigenvalue weighted by molar-refractivity contribution is -0.113. The Kier molecular flexibility index (Phi) is 3.91. The molecule has 0 fully saturated rings. The number of amides is 1. The number of carbonyl (C=O) groups is 1. The van der Waals surface area contributed by atoms with Crippen molar-refractivity contribution < 1.29 is 9.21 Å². The van der Waals surface area contributed by atoms with Crippen LogP contribution in [0.15, 0.2) is 46.0 Å². The number of carbonyl (C=O) groups excluding carboxylic acids is 1. The molecule has 1 amide bonds. The van der Waals surface area contributed by atoms with Gasteiger partial charge in [-0.2, -0.15) is 4.98 Å². The lowest BCUT2D eigenvalue weighted by Gasteiger charge is -1.98. The normalized spacial score (nSPS) is 11.2. The van der Waals surface area contributed by atoms with Crippen molar-refractivity contribution in [2.45, 2.75) is 12.1 Å². The maximum Gasteiger partial charge on any atom is 0.258 e. The van der Waals surface area contributed by atoms with Gasteiger partial charge in [0, 0.05) is 5.69 Å². The number of benzene rings is 1. The van der Waals surface area contributed by atoms with E-state index in [1.165, 1.54) is 23.1 Å². The predicted octanol–water partition coefficient (Wildman–Crippen LogP) is 3.87. The SMILES string of the molecule is Cc1ccc2oc(SCC(=O)Nc3nc4ccccc4s3)nc2n1. The molecule has 0 bridgehead atoms. The summed E-state index contributed by atoms with van der Waals surface area (Å²) in [4.78, 5) is 25.0. The van der Waals surface area contributed by atoms with Crippen molar-refractivity contribution in [3.63, 3.8) is 0 Å². The number of hydrogen-bond donors (Lipinski definition) is 1. The van der Waals surface area contributed by atoms with Crippen LogP contribution in [-0.4, -0.2) is 26.6 Å². The smallest absolute Gasteiger partial charge is 0.258 e. The van der Waals surface area contributed by atoms with E-state index in [-0.39, 0.29) is 11.7 Å². The van der Waals surface area contributed by atoms with Crippen molar-refractivity contribution in [2.24, 2.45) is 0 Å². The molecular weight excluding hydrogens is 344 g/mol. The first-order valence-electron chi connectivity index (χ1n) is 7.20. The van der Waals surface area contributed by atoms with Crippen LogP contribution in [0.1, 0.15) is 5.69 Å². The highest BCUT2D eigenvalue weighted by Crippen LogP contribution is 2.26. The second-order valence-corrected chi connectivity index (χ2v) is 7.03. The number of thioether (sulfide) groups is 1. The number of aromatic nitrogens is 3. The minimum atomic E-state index is -0.148. The molecule has 4 rings (SSSR count). The van der Waals surface area contributed by atoms with Gasteiger partial charge < -0.3 is 9.73 Å². The molecule has 0 aliphatic rings. The minimum absolute atomic E-state index is 0.148. The molecule has 0 saturated carbocycles. The molecule has 24 heavy (non-hydrogen) atoms. The second kappa shape index (κ2) is 6.21. The van der Waals surface area contributed by atoms with Gasteiger partial charge in [-0.25, -0.2) is 9.97 Å². The third kappa shape index (κ3) is 3.10. The first-order chi connectivity index (χ1) is 11.7. The van der Waals surface area contributed by atoms with Gasteiger partial charge in [-0.15, -0.1) is 0 Å². The first-order valence-corrected chi connectivity index (χ1v) is 9.00. The molecule has 1 N–H and O–H groups in total. The molecule has 3 aromatic heterocycles. The predicted molar refractivity (Wildman–Crippen MR) is 95.5 cm³/mol. The van der Waals surface area contributed by atoms with Gasteiger partial charge in [0.25, 0.3) is 5.22 Å². The van der Waals surface area contributed by atoms with E-state index in [4.69, 9.17) is 4.42 Å². The number of fused-ring (bicyclic) bond motifs is 2. The van der Waals surface area contributed by atoms with Crippen molar-refractivity contribution >= 4 is 55.6 Å². The Labute approximate surface area is 145 Å². The van der Waals surface area contributed by atoms with Gasteiger partial charge in [-0.3, -0.25) is 4.79 Å². The topological polar surface area (TPSA) is 80.9 Å². The lowest BCUT2D eigenvalue weighted by atomic mass is 10.3. The number of rotatable bonds is 4. The van der Waals surface area contributed by atoms with Gasteiger partial charge in [0.05, 0.1) is 16.0 Å². The van der Waals surface area contributed by atoms with Crippen LogP contribution < -0.4 is 5.32 Å². The highest BCUT2D eigenvalue weighted by Gasteiger charge is 2.12. The van der Waals surface area contributed by atoms with Crippen LogP contribution in [0.3, 0.4) is 0 Å². The summed E-state index contributed by atoms with van der Waals surface area (Å²) in [5, 5.41) is 3.83. The average Bonchev–Trinajstić information content (AvgIpc) is 3.15. The molecule has 6 nitrogen and oxygen atoms in total. The van der Waals surface area contributed by atoms with Gasteiger partial charge in [-0.05, 0) is 31.2 Å². The summed E-state index contributed by atoms with van der Waals surface area (Å²) < 4.78 is 6.61. The zero-order valence-corrected chi connectivity index (χ0v) is 14.3. The molecule has 3 heterocycles. The van der Waals surface area contributed by atoms with Gasteiger partial charge in [0.2, 0.25) is 5.91 Å². The van der Waals surface area contributed by atoms with Crippen LogP contribution in [-0.2, 0) is 4.79 Å². The Balaban J connectivity index is 1.41. The Hall–Kier alpha value is -2.45. The van der Waals surface area contributed by atoms with E-state index < -0.39 is 0 Å². The fourth-order valence-corrected chi connectivity index (χ4v) is 3.67. The molecule has 0 aliphatic heterocycles. The number of para-hydroxylation sites is 1. The summed E-state index contributed by atoms with van der Waals surface area (Å²) >= 11 is 2.68. The molecule has 0 radical (unpaired) electrons. The van der Waals surface area contributed by atoms with Crippen molar-refractivity contribution in [1.82, 2.24) is 15.0 Å². The zero-order chi connectivity index (χ0) is 16.5. The Morgan fingerprint density at radius 1 is 1.21 bits per heavy atom. The molecule has 0 spiro atoms. The van der Waals surface area contributed by atoms with Gasteiger partial charge in [-0.1, -0.05) is 35.2 Å². The highest BCUT2D eigenvalue weighted by molar-refractivity contribution is 7.99. The van der Waals surface area contributed by atoms with Crippen LogP contribution in [0, 0.1) is 6.92 Å². The summed E-state index contributed by atoms with van der Waals surface area (Å²) in [6.07, 6.45) is 0. The molecule has 0 unspecified atom stereocenters. The average molecular weight is 356 g/mol. The second-order valence-electron chi connectivity index (χ2n) is 5.08. The van der Waals surface area contributed by atoms with E-state index in [2.05, 4.69) is 20.3 Å². The molecular formula is C16H12N4O2S2. The van der Waals surface area contributed by atoms with E-state index in [9.17, 15) is 4.79 Å². The summed E-state index contributed by atoms with van der Waals surface area (Å²) in [5.74, 6) is 0.0484. The number of nitrogens with zero attached hydrogens (tertiary/aromatic N) is 3. The van der Waals surface area contributed by atoms with E-state index in [0.29, 0.717) is 21.6 Å². The van der Waals surface area contributed by atoms with Crippen LogP contribution in [0.25, 0.3) is 21.4 Å². The van der Waals surface area contributed by atoms with Gasteiger partial charge >= 0.3 is 0 Å². The van der Waals surface area contributed by atoms with Crippen LogP contribution in [0.4, 0.5) is 5.13 Å². The molecule has 8 heteroatoms. The Morgan fingerprint density at radius 2 is 2.08 bits per heavy atom. The fraction of sp³-hybridized carbons (Fsp3) is 0.125. The molecule has 1 aromatic carbocycles. The summed E-state index contributed by atoms with van der Waals surface area (Å²) in [7, 11) is 0. The van der Waals surface area contributed by atoms with E-state index >= 15 is 0 Å². The maximum absolute atomic E-state index is 12.1. The van der Waals surface area contributed by atoms with Crippen LogP contribution >= 0.6 is 23.1 Å². The molecule has 4 aromatic rings. The number of aryl methyl sites for hydroxylation is 1. The quantitative estimate of drug-likeness (QED) is 0.559. The third-order valence-electron chi connectivity index (χ3n) is 3.24. The van der Waals surface area contributed by atoms with Gasteiger partial charge in [0.15, 0.2) is 16.4 Å². The number of nitrogens with one attached hydrogen (secondary N) is 1. The number of hydrogen-bond acceptors (Lipinski definition) is 7. The maximum atomic E-state index is 12.1. The first kappa shape index (κ1) is 15.1. The summed E-state index contributed by atoms with van der Waals surface area (Å²) in [5.41, 5.74) is 2.94. The van der Waals surface area contributed by atoms with Gasteiger partial charge in [0.1, 0.15) is 0 Å². The fourth-order valence-electron chi connectivity index (χ4n) is 2.16. The minimum Gasteiger partial charge on any atom is -0.430 e.